The van der Waals surface area contributed by atoms with E-state index in [1.165, 1.54) is 19.5 Å². The lowest BCUT2D eigenvalue weighted by Gasteiger charge is -2.11. The summed E-state index contributed by atoms with van der Waals surface area (Å²) >= 11 is 6.16. The zero-order valence-corrected chi connectivity index (χ0v) is 13.6. The van der Waals surface area contributed by atoms with Crippen molar-refractivity contribution < 1.29 is 14.3 Å². The third-order valence-electron chi connectivity index (χ3n) is 2.86. The minimum absolute atomic E-state index is 0.0741. The smallest absolute Gasteiger partial charge is 0.272 e. The Hall–Kier alpha value is -3.04. The molecule has 1 aromatic heterocycles. The predicted molar refractivity (Wildman–Crippen MR) is 91.6 cm³/mol. The van der Waals surface area contributed by atoms with Gasteiger partial charge in [0, 0.05) is 12.4 Å². The van der Waals surface area contributed by atoms with Crippen molar-refractivity contribution in [2.45, 2.75) is 0 Å². The van der Waals surface area contributed by atoms with Crippen LogP contribution in [0.1, 0.15) is 15.9 Å². The summed E-state index contributed by atoms with van der Waals surface area (Å²) in [6, 6.07) is 6.58. The summed E-state index contributed by atoms with van der Waals surface area (Å²) in [5, 5.41) is 4.21. The van der Waals surface area contributed by atoms with Gasteiger partial charge in [-0.25, -0.2) is 5.43 Å². The lowest BCUT2D eigenvalue weighted by molar-refractivity contribution is 0.0955. The van der Waals surface area contributed by atoms with Crippen molar-refractivity contribution in [3.8, 4) is 23.8 Å². The highest BCUT2D eigenvalue weighted by Crippen LogP contribution is 2.35. The number of ether oxygens (including phenoxy) is 2. The highest BCUT2D eigenvalue weighted by atomic mass is 35.5. The third kappa shape index (κ3) is 4.48. The Bertz CT molecular complexity index is 786. The molecule has 1 heterocycles. The summed E-state index contributed by atoms with van der Waals surface area (Å²) in [6.45, 7) is 0.0741. The van der Waals surface area contributed by atoms with Crippen molar-refractivity contribution in [2.24, 2.45) is 5.10 Å². The van der Waals surface area contributed by atoms with Gasteiger partial charge in [-0.05, 0) is 29.8 Å². The van der Waals surface area contributed by atoms with Crippen molar-refractivity contribution in [3.05, 3.63) is 52.8 Å². The Morgan fingerprint density at radius 1 is 1.54 bits per heavy atom. The first-order chi connectivity index (χ1) is 11.7. The fraction of sp³-hybridized carbons (Fsp3) is 0.118. The fourth-order valence-corrected chi connectivity index (χ4v) is 2.07. The molecule has 1 aromatic carbocycles. The first-order valence-electron chi connectivity index (χ1n) is 6.83. The van der Waals surface area contributed by atoms with E-state index in [9.17, 15) is 4.79 Å². The molecule has 122 valence electrons. The van der Waals surface area contributed by atoms with E-state index in [4.69, 9.17) is 27.5 Å². The minimum atomic E-state index is -0.369. The predicted octanol–water partition coefficient (Wildman–Crippen LogP) is 2.52. The van der Waals surface area contributed by atoms with Crippen LogP contribution >= 0.6 is 11.6 Å². The number of hydrazone groups is 1. The molecule has 0 fully saturated rings. The normalized spacial score (nSPS) is 10.2. The number of benzene rings is 1. The lowest BCUT2D eigenvalue weighted by Crippen LogP contribution is -2.17. The molecule has 2 aromatic rings. The fourth-order valence-electron chi connectivity index (χ4n) is 1.80. The summed E-state index contributed by atoms with van der Waals surface area (Å²) in [7, 11) is 1.49. The molecule has 0 bridgehead atoms. The summed E-state index contributed by atoms with van der Waals surface area (Å²) in [5.41, 5.74) is 3.43. The quantitative estimate of drug-likeness (QED) is 0.497. The number of nitrogens with zero attached hydrogens (tertiary/aromatic N) is 2. The van der Waals surface area contributed by atoms with Gasteiger partial charge in [0.2, 0.25) is 0 Å². The van der Waals surface area contributed by atoms with Gasteiger partial charge in [0.05, 0.1) is 23.9 Å². The van der Waals surface area contributed by atoms with E-state index in [2.05, 4.69) is 21.4 Å². The second-order valence-electron chi connectivity index (χ2n) is 4.47. The minimum Gasteiger partial charge on any atom is -0.493 e. The first-order valence-corrected chi connectivity index (χ1v) is 7.20. The van der Waals surface area contributed by atoms with Crippen LogP contribution in [0.2, 0.25) is 5.02 Å². The molecule has 0 unspecified atom stereocenters. The van der Waals surface area contributed by atoms with Gasteiger partial charge in [0.25, 0.3) is 5.91 Å². The van der Waals surface area contributed by atoms with Crippen molar-refractivity contribution in [2.75, 3.05) is 13.7 Å². The number of carbonyl (C=O) groups is 1. The third-order valence-corrected chi connectivity index (χ3v) is 3.14. The molecule has 1 N–H and O–H groups in total. The molecule has 2 rings (SSSR count). The molecule has 0 radical (unpaired) electrons. The van der Waals surface area contributed by atoms with Crippen molar-refractivity contribution in [3.63, 3.8) is 0 Å². The number of pyridine rings is 1. The highest BCUT2D eigenvalue weighted by molar-refractivity contribution is 6.32. The molecular formula is C17H14ClN3O3. The maximum Gasteiger partial charge on any atom is 0.272 e. The molecule has 0 aliphatic rings. The number of hydrogen-bond acceptors (Lipinski definition) is 5. The number of amides is 1. The second kappa shape index (κ2) is 8.56. The van der Waals surface area contributed by atoms with E-state index in [1.807, 2.05) is 0 Å². The number of hydrogen-bond donors (Lipinski definition) is 1. The first kappa shape index (κ1) is 17.3. The van der Waals surface area contributed by atoms with Gasteiger partial charge in [-0.3, -0.25) is 9.78 Å². The number of nitrogens with one attached hydrogen (secondary N) is 1. The molecule has 6 nitrogen and oxygen atoms in total. The number of carbonyl (C=O) groups excluding carboxylic acids is 1. The van der Waals surface area contributed by atoms with Crippen LogP contribution in [0.5, 0.6) is 11.5 Å². The average Bonchev–Trinajstić information content (AvgIpc) is 2.61. The standard InChI is InChI=1S/C17H14ClN3O3/c1-3-7-24-16-14(18)8-12(9-15(16)23-2)10-20-21-17(22)13-5-4-6-19-11-13/h1,4-6,8-11H,7H2,2H3,(H,21,22). The Morgan fingerprint density at radius 2 is 2.38 bits per heavy atom. The van der Waals surface area contributed by atoms with Crippen molar-refractivity contribution in [1.29, 1.82) is 0 Å². The summed E-state index contributed by atoms with van der Waals surface area (Å²) in [6.07, 6.45) is 9.63. The van der Waals surface area contributed by atoms with E-state index >= 15 is 0 Å². The Morgan fingerprint density at radius 3 is 3.04 bits per heavy atom. The molecule has 0 atom stereocenters. The molecule has 0 saturated heterocycles. The van der Waals surface area contributed by atoms with E-state index in [-0.39, 0.29) is 12.5 Å². The SMILES string of the molecule is C#CCOc1c(Cl)cc(C=NNC(=O)c2cccnc2)cc1OC. The van der Waals surface area contributed by atoms with E-state index in [1.54, 1.807) is 30.5 Å². The maximum absolute atomic E-state index is 11.8. The molecule has 0 saturated carbocycles. The van der Waals surface area contributed by atoms with Gasteiger partial charge < -0.3 is 9.47 Å². The van der Waals surface area contributed by atoms with Crippen LogP contribution in [-0.4, -0.2) is 30.8 Å². The molecule has 7 heteroatoms. The molecule has 0 aliphatic carbocycles. The van der Waals surface area contributed by atoms with Crippen molar-refractivity contribution >= 4 is 23.7 Å². The summed E-state index contributed by atoms with van der Waals surface area (Å²) in [4.78, 5) is 15.7. The number of rotatable bonds is 6. The van der Waals surface area contributed by atoms with Gasteiger partial charge in [-0.15, -0.1) is 6.42 Å². The molecular weight excluding hydrogens is 330 g/mol. The van der Waals surface area contributed by atoms with Gasteiger partial charge in [0.15, 0.2) is 11.5 Å². The summed E-state index contributed by atoms with van der Waals surface area (Å²) < 4.78 is 10.6. The highest BCUT2D eigenvalue weighted by Gasteiger charge is 2.11. The largest absolute Gasteiger partial charge is 0.493 e. The number of halogens is 1. The Kier molecular flexibility index (Phi) is 6.17. The van der Waals surface area contributed by atoms with Crippen LogP contribution in [0.4, 0.5) is 0 Å². The number of terminal acetylenes is 1. The van der Waals surface area contributed by atoms with Crippen LogP contribution in [0, 0.1) is 12.3 Å². The van der Waals surface area contributed by atoms with Crippen molar-refractivity contribution in [1.82, 2.24) is 10.4 Å². The van der Waals surface area contributed by atoms with Crippen LogP contribution in [0.3, 0.4) is 0 Å². The maximum atomic E-state index is 11.8. The Balaban J connectivity index is 2.11. The molecule has 1 amide bonds. The molecule has 24 heavy (non-hydrogen) atoms. The van der Waals surface area contributed by atoms with E-state index < -0.39 is 0 Å². The zero-order chi connectivity index (χ0) is 17.4. The second-order valence-corrected chi connectivity index (χ2v) is 4.87. The average molecular weight is 344 g/mol. The topological polar surface area (TPSA) is 72.8 Å². The zero-order valence-electron chi connectivity index (χ0n) is 12.8. The van der Waals surface area contributed by atoms with Crippen LogP contribution in [0.25, 0.3) is 0 Å². The van der Waals surface area contributed by atoms with Crippen LogP contribution in [0.15, 0.2) is 41.8 Å². The van der Waals surface area contributed by atoms with Gasteiger partial charge in [-0.1, -0.05) is 17.5 Å². The van der Waals surface area contributed by atoms with Gasteiger partial charge >= 0.3 is 0 Å². The van der Waals surface area contributed by atoms with Crippen LogP contribution in [-0.2, 0) is 0 Å². The molecule has 0 spiro atoms. The Labute approximate surface area is 144 Å². The van der Waals surface area contributed by atoms with E-state index in [0.29, 0.717) is 27.6 Å². The summed E-state index contributed by atoms with van der Waals surface area (Å²) in [5.74, 6) is 2.76. The van der Waals surface area contributed by atoms with E-state index in [0.717, 1.165) is 0 Å². The van der Waals surface area contributed by atoms with Gasteiger partial charge in [0.1, 0.15) is 6.61 Å². The lowest BCUT2D eigenvalue weighted by atomic mass is 10.2. The number of aromatic nitrogens is 1. The van der Waals surface area contributed by atoms with Crippen LogP contribution < -0.4 is 14.9 Å². The molecule has 0 aliphatic heterocycles. The number of methoxy groups -OCH3 is 1. The van der Waals surface area contributed by atoms with Gasteiger partial charge in [-0.2, -0.15) is 5.10 Å². The monoisotopic (exact) mass is 343 g/mol.